The van der Waals surface area contributed by atoms with E-state index in [0.29, 0.717) is 24.5 Å². The highest BCUT2D eigenvalue weighted by atomic mass is 16.5. The number of carbonyl (C=O) groups excluding carboxylic acids is 1. The van der Waals surface area contributed by atoms with Crippen LogP contribution in [0.25, 0.3) is 0 Å². The maximum absolute atomic E-state index is 12.9. The van der Waals surface area contributed by atoms with E-state index in [-0.39, 0.29) is 18.1 Å². The summed E-state index contributed by atoms with van der Waals surface area (Å²) in [5, 5.41) is 0. The van der Waals surface area contributed by atoms with Crippen molar-refractivity contribution >= 4 is 5.91 Å². The monoisotopic (exact) mass is 266 g/mol. The van der Waals surface area contributed by atoms with Crippen LogP contribution in [0.2, 0.25) is 0 Å². The highest BCUT2D eigenvalue weighted by Crippen LogP contribution is 2.35. The number of morpholine rings is 1. The van der Waals surface area contributed by atoms with Gasteiger partial charge in [0.05, 0.1) is 24.7 Å². The summed E-state index contributed by atoms with van der Waals surface area (Å²) in [4.78, 5) is 15.0. The Morgan fingerprint density at radius 1 is 1.21 bits per heavy atom. The number of carbonyl (C=O) groups is 1. The van der Waals surface area contributed by atoms with E-state index in [4.69, 9.17) is 10.5 Å². The summed E-state index contributed by atoms with van der Waals surface area (Å²) < 4.78 is 5.80. The summed E-state index contributed by atoms with van der Waals surface area (Å²) in [6.07, 6.45) is 7.00. The molecule has 3 fully saturated rings. The fourth-order valence-corrected chi connectivity index (χ4v) is 4.27. The Labute approximate surface area is 115 Å². The Kier molecular flexibility index (Phi) is 3.81. The number of fused-ring (bicyclic) bond motifs is 1. The minimum absolute atomic E-state index is 0.0353. The lowest BCUT2D eigenvalue weighted by atomic mass is 9.76. The molecule has 1 saturated heterocycles. The molecule has 1 heterocycles. The molecule has 0 aromatic rings. The smallest absolute Gasteiger partial charge is 0.227 e. The van der Waals surface area contributed by atoms with E-state index in [1.165, 1.54) is 12.8 Å². The van der Waals surface area contributed by atoms with Crippen LogP contribution >= 0.6 is 0 Å². The second-order valence-corrected chi connectivity index (χ2v) is 6.54. The standard InChI is InChI=1S/C15H26N2O2/c1-10-4-2-5-11(16)14(10)15(18)17-8-9-19-13-7-3-6-12(13)17/h10-14H,2-9,16H2,1H3. The Morgan fingerprint density at radius 3 is 2.79 bits per heavy atom. The van der Waals surface area contributed by atoms with Gasteiger partial charge in [0.2, 0.25) is 5.91 Å². The SMILES string of the molecule is CC1CCCC(N)C1C(=O)N1CCOC2CCCC21. The van der Waals surface area contributed by atoms with Gasteiger partial charge in [-0.3, -0.25) is 4.79 Å². The predicted octanol–water partition coefficient (Wildman–Crippen LogP) is 1.53. The Morgan fingerprint density at radius 2 is 2.00 bits per heavy atom. The van der Waals surface area contributed by atoms with E-state index in [0.717, 1.165) is 32.2 Å². The van der Waals surface area contributed by atoms with Gasteiger partial charge in [-0.05, 0) is 38.0 Å². The summed E-state index contributed by atoms with van der Waals surface area (Å²) in [5.41, 5.74) is 6.24. The lowest BCUT2D eigenvalue weighted by Gasteiger charge is -2.43. The summed E-state index contributed by atoms with van der Waals surface area (Å²) >= 11 is 0. The van der Waals surface area contributed by atoms with Crippen molar-refractivity contribution < 1.29 is 9.53 Å². The van der Waals surface area contributed by atoms with Crippen LogP contribution in [0.1, 0.15) is 45.4 Å². The minimum atomic E-state index is 0.0353. The van der Waals surface area contributed by atoms with Gasteiger partial charge >= 0.3 is 0 Å². The Hall–Kier alpha value is -0.610. The zero-order valence-corrected chi connectivity index (χ0v) is 11.9. The van der Waals surface area contributed by atoms with Gasteiger partial charge < -0.3 is 15.4 Å². The van der Waals surface area contributed by atoms with E-state index >= 15 is 0 Å². The third-order valence-electron chi connectivity index (χ3n) is 5.32. The van der Waals surface area contributed by atoms with E-state index in [9.17, 15) is 4.79 Å². The Bertz CT molecular complexity index is 337. The fraction of sp³-hybridized carbons (Fsp3) is 0.933. The van der Waals surface area contributed by atoms with Crippen LogP contribution in [-0.4, -0.2) is 42.1 Å². The van der Waals surface area contributed by atoms with Crippen molar-refractivity contribution in [2.45, 2.75) is 63.6 Å². The van der Waals surface area contributed by atoms with Crippen LogP contribution in [0, 0.1) is 11.8 Å². The van der Waals surface area contributed by atoms with Crippen molar-refractivity contribution in [3.05, 3.63) is 0 Å². The lowest BCUT2D eigenvalue weighted by molar-refractivity contribution is -0.151. The van der Waals surface area contributed by atoms with Gasteiger partial charge in [-0.2, -0.15) is 0 Å². The lowest BCUT2D eigenvalue weighted by Crippen LogP contribution is -2.57. The molecular formula is C15H26N2O2. The molecule has 19 heavy (non-hydrogen) atoms. The van der Waals surface area contributed by atoms with E-state index in [1.807, 2.05) is 0 Å². The van der Waals surface area contributed by atoms with Gasteiger partial charge in [0, 0.05) is 12.6 Å². The number of hydrogen-bond acceptors (Lipinski definition) is 3. The number of nitrogens with two attached hydrogens (primary N) is 1. The second kappa shape index (κ2) is 5.41. The third kappa shape index (κ3) is 2.40. The van der Waals surface area contributed by atoms with Crippen molar-refractivity contribution in [3.8, 4) is 0 Å². The van der Waals surface area contributed by atoms with Gasteiger partial charge in [-0.1, -0.05) is 13.3 Å². The fourth-order valence-electron chi connectivity index (χ4n) is 4.27. The van der Waals surface area contributed by atoms with Gasteiger partial charge in [0.1, 0.15) is 0 Å². The zero-order valence-electron chi connectivity index (χ0n) is 11.9. The highest BCUT2D eigenvalue weighted by molar-refractivity contribution is 5.80. The van der Waals surface area contributed by atoms with Crippen LogP contribution in [0.4, 0.5) is 0 Å². The first-order valence-electron chi connectivity index (χ1n) is 7.86. The zero-order chi connectivity index (χ0) is 13.4. The normalized spacial score (nSPS) is 43.1. The molecule has 1 amide bonds. The topological polar surface area (TPSA) is 55.6 Å². The molecule has 3 rings (SSSR count). The van der Waals surface area contributed by atoms with Crippen molar-refractivity contribution in [1.29, 1.82) is 0 Å². The quantitative estimate of drug-likeness (QED) is 0.783. The van der Waals surface area contributed by atoms with E-state index in [1.54, 1.807) is 0 Å². The first-order chi connectivity index (χ1) is 9.18. The van der Waals surface area contributed by atoms with Gasteiger partial charge in [-0.15, -0.1) is 0 Å². The van der Waals surface area contributed by atoms with Crippen molar-refractivity contribution in [2.24, 2.45) is 17.6 Å². The number of nitrogens with zero attached hydrogens (tertiary/aromatic N) is 1. The molecule has 0 bridgehead atoms. The average molecular weight is 266 g/mol. The minimum Gasteiger partial charge on any atom is -0.374 e. The summed E-state index contributed by atoms with van der Waals surface area (Å²) in [6.45, 7) is 3.65. The Balaban J connectivity index is 1.74. The molecule has 2 saturated carbocycles. The maximum atomic E-state index is 12.9. The molecule has 2 aliphatic carbocycles. The van der Waals surface area contributed by atoms with Gasteiger partial charge in [0.15, 0.2) is 0 Å². The molecule has 0 radical (unpaired) electrons. The molecule has 1 aliphatic heterocycles. The second-order valence-electron chi connectivity index (χ2n) is 6.54. The molecule has 4 nitrogen and oxygen atoms in total. The van der Waals surface area contributed by atoms with Crippen LogP contribution in [0.3, 0.4) is 0 Å². The van der Waals surface area contributed by atoms with Crippen molar-refractivity contribution in [3.63, 3.8) is 0 Å². The number of amides is 1. The number of rotatable bonds is 1. The average Bonchev–Trinajstić information content (AvgIpc) is 2.86. The maximum Gasteiger partial charge on any atom is 0.227 e. The van der Waals surface area contributed by atoms with Crippen LogP contribution in [-0.2, 0) is 9.53 Å². The summed E-state index contributed by atoms with van der Waals surface area (Å²) in [7, 11) is 0. The first-order valence-corrected chi connectivity index (χ1v) is 7.86. The molecular weight excluding hydrogens is 240 g/mol. The predicted molar refractivity (Wildman–Crippen MR) is 73.6 cm³/mol. The number of ether oxygens (including phenoxy) is 1. The molecule has 5 atom stereocenters. The molecule has 0 spiro atoms. The van der Waals surface area contributed by atoms with E-state index < -0.39 is 0 Å². The molecule has 108 valence electrons. The molecule has 2 N–H and O–H groups in total. The molecule has 3 aliphatic rings. The van der Waals surface area contributed by atoms with Crippen molar-refractivity contribution in [1.82, 2.24) is 4.90 Å². The van der Waals surface area contributed by atoms with Crippen LogP contribution in [0.5, 0.6) is 0 Å². The largest absolute Gasteiger partial charge is 0.374 e. The van der Waals surface area contributed by atoms with E-state index in [2.05, 4.69) is 11.8 Å². The molecule has 0 aromatic heterocycles. The third-order valence-corrected chi connectivity index (χ3v) is 5.32. The van der Waals surface area contributed by atoms with Gasteiger partial charge in [0.25, 0.3) is 0 Å². The summed E-state index contributed by atoms with van der Waals surface area (Å²) in [6, 6.07) is 0.376. The van der Waals surface area contributed by atoms with Crippen LogP contribution in [0.15, 0.2) is 0 Å². The molecule has 0 aromatic carbocycles. The van der Waals surface area contributed by atoms with Gasteiger partial charge in [-0.25, -0.2) is 0 Å². The highest BCUT2D eigenvalue weighted by Gasteiger charge is 2.43. The van der Waals surface area contributed by atoms with Crippen molar-refractivity contribution in [2.75, 3.05) is 13.2 Å². The molecule has 5 unspecified atom stereocenters. The number of hydrogen-bond donors (Lipinski definition) is 1. The molecule has 4 heteroatoms. The first kappa shape index (κ1) is 13.4. The summed E-state index contributed by atoms with van der Waals surface area (Å²) in [5.74, 6) is 0.770. The van der Waals surface area contributed by atoms with Crippen LogP contribution < -0.4 is 5.73 Å².